The Morgan fingerprint density at radius 3 is 2.74 bits per heavy atom. The smallest absolute Gasteiger partial charge is 0.341 e. The van der Waals surface area contributed by atoms with E-state index in [1.807, 2.05) is 0 Å². The van der Waals surface area contributed by atoms with Crippen molar-refractivity contribution in [1.29, 1.82) is 0 Å². The summed E-state index contributed by atoms with van der Waals surface area (Å²) in [6, 6.07) is 4.75. The van der Waals surface area contributed by atoms with E-state index in [-0.39, 0.29) is 28.9 Å². The summed E-state index contributed by atoms with van der Waals surface area (Å²) < 4.78 is 22.4. The number of pyridine rings is 3. The van der Waals surface area contributed by atoms with Crippen molar-refractivity contribution >= 4 is 50.3 Å². The van der Waals surface area contributed by atoms with Crippen LogP contribution in [0, 0.1) is 5.82 Å². The number of aromatic carboxylic acids is 1. The van der Waals surface area contributed by atoms with Crippen molar-refractivity contribution in [2.75, 3.05) is 63.0 Å². The second kappa shape index (κ2) is 9.67. The van der Waals surface area contributed by atoms with E-state index in [0.29, 0.717) is 53.2 Å². The van der Waals surface area contributed by atoms with Crippen molar-refractivity contribution in [2.24, 2.45) is 0 Å². The third kappa shape index (κ3) is 3.88. The molecule has 6 heterocycles. The number of hydrogen-bond donors (Lipinski definition) is 4. The van der Waals surface area contributed by atoms with Gasteiger partial charge in [0.25, 0.3) is 0 Å². The summed E-state index contributed by atoms with van der Waals surface area (Å²) in [6.07, 6.45) is 4.57. The number of anilines is 2. The monoisotopic (exact) mass is 572 g/mol. The summed E-state index contributed by atoms with van der Waals surface area (Å²) in [4.78, 5) is 42.3. The minimum Gasteiger partial charge on any atom is -0.477 e. The molecule has 0 saturated carbocycles. The van der Waals surface area contributed by atoms with Gasteiger partial charge in [-0.05, 0) is 25.2 Å². The summed E-state index contributed by atoms with van der Waals surface area (Å²) in [7, 11) is 5.44. The molecule has 0 radical (unpaired) electrons. The van der Waals surface area contributed by atoms with Crippen LogP contribution < -0.4 is 21.1 Å². The number of carbonyl (C=O) groups is 1. The van der Waals surface area contributed by atoms with Crippen LogP contribution in [0.5, 0.6) is 0 Å². The van der Waals surface area contributed by atoms with Crippen molar-refractivity contribution in [1.82, 2.24) is 24.5 Å². The van der Waals surface area contributed by atoms with E-state index in [0.717, 1.165) is 23.1 Å². The van der Waals surface area contributed by atoms with Gasteiger partial charge in [-0.2, -0.15) is 0 Å². The largest absolute Gasteiger partial charge is 0.477 e. The molecule has 2 fully saturated rings. The Hall–Kier alpha value is -4.75. The summed E-state index contributed by atoms with van der Waals surface area (Å²) in [5, 5.41) is 14.3. The minimum atomic E-state index is -1.33. The molecule has 4 aromatic heterocycles. The maximum absolute atomic E-state index is 14.9. The summed E-state index contributed by atoms with van der Waals surface area (Å²) >= 11 is 0. The van der Waals surface area contributed by atoms with E-state index in [1.54, 1.807) is 32.6 Å². The Morgan fingerprint density at radius 2 is 2.00 bits per heavy atom. The number of benzene rings is 1. The van der Waals surface area contributed by atoms with Gasteiger partial charge in [0, 0.05) is 68.8 Å². The first-order valence-electron chi connectivity index (χ1n) is 13.6. The molecule has 7 rings (SSSR count). The maximum Gasteiger partial charge on any atom is 0.341 e. The van der Waals surface area contributed by atoms with E-state index in [9.17, 15) is 19.1 Å². The number of morpholine rings is 1. The number of carboxylic acid groups (broad SMARTS) is 1. The van der Waals surface area contributed by atoms with E-state index in [4.69, 9.17) is 9.72 Å². The quantitative estimate of drug-likeness (QED) is 0.248. The van der Waals surface area contributed by atoms with Gasteiger partial charge in [0.1, 0.15) is 17.0 Å². The lowest BCUT2D eigenvalue weighted by Gasteiger charge is -2.33. The van der Waals surface area contributed by atoms with Gasteiger partial charge in [-0.25, -0.2) is 23.8 Å². The average Bonchev–Trinajstić information content (AvgIpc) is 3.59. The molecule has 2 aliphatic rings. The van der Waals surface area contributed by atoms with Crippen molar-refractivity contribution in [2.45, 2.75) is 12.1 Å². The molecule has 2 aliphatic heterocycles. The minimum absolute atomic E-state index is 0.00897. The molecular formula is C29H29FN8O4. The van der Waals surface area contributed by atoms with Crippen molar-refractivity contribution < 1.29 is 19.0 Å². The molecule has 2 saturated heterocycles. The first kappa shape index (κ1) is 26.2. The molecule has 13 heteroatoms. The fourth-order valence-electron chi connectivity index (χ4n) is 6.37. The number of ether oxygens (including phenoxy) is 1. The lowest BCUT2D eigenvalue weighted by Crippen LogP contribution is -2.48. The Labute approximate surface area is 238 Å². The molecule has 5 aromatic rings. The highest BCUT2D eigenvalue weighted by Crippen LogP contribution is 2.43. The Kier molecular flexibility index (Phi) is 6.02. The normalized spacial score (nSPS) is 19.1. The van der Waals surface area contributed by atoms with E-state index < -0.39 is 11.4 Å². The first-order chi connectivity index (χ1) is 20.3. The molecule has 12 nitrogen and oxygen atoms in total. The van der Waals surface area contributed by atoms with Crippen LogP contribution in [0.15, 0.2) is 41.6 Å². The molecule has 0 spiro atoms. The van der Waals surface area contributed by atoms with E-state index in [1.165, 1.54) is 23.0 Å². The average molecular weight is 573 g/mol. The number of hydrogen-bond acceptors (Lipinski definition) is 9. The zero-order valence-corrected chi connectivity index (χ0v) is 23.2. The van der Waals surface area contributed by atoms with Gasteiger partial charge in [-0.1, -0.05) is 0 Å². The van der Waals surface area contributed by atoms with Crippen LogP contribution in [0.3, 0.4) is 0 Å². The Morgan fingerprint density at radius 1 is 1.17 bits per heavy atom. The van der Waals surface area contributed by atoms with E-state index >= 15 is 0 Å². The molecule has 4 N–H and O–H groups in total. The van der Waals surface area contributed by atoms with Crippen molar-refractivity contribution in [3.05, 3.63) is 58.4 Å². The molecule has 1 aromatic carbocycles. The summed E-state index contributed by atoms with van der Waals surface area (Å²) in [6.45, 7) is 2.76. The fraction of sp³-hybridized carbons (Fsp3) is 0.310. The lowest BCUT2D eigenvalue weighted by molar-refractivity contribution is -0.0362. The van der Waals surface area contributed by atoms with Gasteiger partial charge in [0.15, 0.2) is 5.65 Å². The molecule has 0 amide bonds. The van der Waals surface area contributed by atoms with Crippen molar-refractivity contribution in [3.8, 4) is 11.1 Å². The lowest BCUT2D eigenvalue weighted by atomic mass is 10.0. The second-order valence-electron chi connectivity index (χ2n) is 10.7. The van der Waals surface area contributed by atoms with Crippen LogP contribution in [0.2, 0.25) is 0 Å². The third-order valence-electron chi connectivity index (χ3n) is 8.46. The van der Waals surface area contributed by atoms with Crippen LogP contribution in [0.1, 0.15) is 10.4 Å². The number of aromatic nitrogens is 4. The van der Waals surface area contributed by atoms with Crippen LogP contribution in [-0.4, -0.2) is 95.1 Å². The third-order valence-corrected chi connectivity index (χ3v) is 8.46. The maximum atomic E-state index is 14.9. The number of likely N-dealkylation sites (N-methyl/N-ethyl adjacent to an activating group) is 1. The molecule has 0 aliphatic carbocycles. The zero-order valence-electron chi connectivity index (χ0n) is 23.2. The zero-order chi connectivity index (χ0) is 29.3. The number of H-pyrrole nitrogens is 1. The van der Waals surface area contributed by atoms with Gasteiger partial charge in [-0.15, -0.1) is 0 Å². The number of carboxylic acids is 1. The molecule has 0 bridgehead atoms. The van der Waals surface area contributed by atoms with Crippen LogP contribution in [-0.2, 0) is 4.74 Å². The number of nitrogens with one attached hydrogen (secondary N) is 3. The highest BCUT2D eigenvalue weighted by molar-refractivity contribution is 6.18. The highest BCUT2D eigenvalue weighted by atomic mass is 19.1. The predicted molar refractivity (Wildman–Crippen MR) is 159 cm³/mol. The first-order valence-corrected chi connectivity index (χ1v) is 13.6. The Balaban J connectivity index is 1.52. The standard InChI is InChI=1S/C29H29FN8O4/c1-31-20-8-15(30)7-16-23-25(37-12-21-22(13-37)42-5-4-36(21)3)18(10-33-27(23)35-24(16)20)14-6-17-26(39)19(29(40)41)11-38(32-2)28(17)34-9-14/h6-11,21-22,31-32H,4-5,12-13H2,1-3H3,(H,33,35)(H,40,41). The number of rotatable bonds is 5. The van der Waals surface area contributed by atoms with Gasteiger partial charge in [-0.3, -0.25) is 9.69 Å². The van der Waals surface area contributed by atoms with Crippen LogP contribution in [0.25, 0.3) is 44.1 Å². The predicted octanol–water partition coefficient (Wildman–Crippen LogP) is 2.66. The van der Waals surface area contributed by atoms with Crippen molar-refractivity contribution in [3.63, 3.8) is 0 Å². The number of nitrogens with zero attached hydrogens (tertiary/aromatic N) is 5. The number of halogens is 1. The molecule has 42 heavy (non-hydrogen) atoms. The van der Waals surface area contributed by atoms with Gasteiger partial charge >= 0.3 is 5.97 Å². The SMILES string of the molecule is CNc1cc(F)cc2c1[nH]c1ncc(-c3cnc4c(c3)c(=O)c(C(=O)O)cn4NC)c(N3CC4OCCN(C)C4C3)c12. The summed E-state index contributed by atoms with van der Waals surface area (Å²) in [5.41, 5.74) is 6.15. The number of aromatic amines is 1. The van der Waals surface area contributed by atoms with Gasteiger partial charge < -0.3 is 30.5 Å². The second-order valence-corrected chi connectivity index (χ2v) is 10.7. The molecular weight excluding hydrogens is 543 g/mol. The Bertz CT molecular complexity index is 1970. The molecule has 2 atom stereocenters. The van der Waals surface area contributed by atoms with E-state index in [2.05, 4.69) is 37.6 Å². The van der Waals surface area contributed by atoms with Gasteiger partial charge in [0.2, 0.25) is 5.43 Å². The summed E-state index contributed by atoms with van der Waals surface area (Å²) in [5.74, 6) is -1.71. The number of fused-ring (bicyclic) bond motifs is 5. The van der Waals surface area contributed by atoms with Gasteiger partial charge in [0.05, 0.1) is 46.4 Å². The van der Waals surface area contributed by atoms with Crippen LogP contribution >= 0.6 is 0 Å². The van der Waals surface area contributed by atoms with Crippen LogP contribution in [0.4, 0.5) is 15.8 Å². The molecule has 2 unspecified atom stereocenters. The molecule has 216 valence electrons. The highest BCUT2D eigenvalue weighted by Gasteiger charge is 2.40. The fourth-order valence-corrected chi connectivity index (χ4v) is 6.37. The topological polar surface area (TPSA) is 141 Å².